The number of carbonyl (C=O) groups excluding carboxylic acids is 1. The summed E-state index contributed by atoms with van der Waals surface area (Å²) in [5.74, 6) is 0.844. The molecule has 1 aromatic carbocycles. The molecule has 0 spiro atoms. The van der Waals surface area contributed by atoms with Gasteiger partial charge in [0.15, 0.2) is 0 Å². The molecule has 0 fully saturated rings. The highest BCUT2D eigenvalue weighted by Crippen LogP contribution is 2.16. The molecule has 1 amide bonds. The third-order valence-corrected chi connectivity index (χ3v) is 3.88. The van der Waals surface area contributed by atoms with Crippen molar-refractivity contribution >= 4 is 17.2 Å². The van der Waals surface area contributed by atoms with Crippen molar-refractivity contribution in [1.82, 2.24) is 9.88 Å². The molecule has 1 heterocycles. The highest BCUT2D eigenvalue weighted by Gasteiger charge is 2.14. The molecule has 118 valence electrons. The van der Waals surface area contributed by atoms with Crippen molar-refractivity contribution in [2.75, 3.05) is 13.1 Å². The summed E-state index contributed by atoms with van der Waals surface area (Å²) in [4.78, 5) is 18.5. The third-order valence-electron chi connectivity index (χ3n) is 3.25. The molecule has 0 bridgehead atoms. The van der Waals surface area contributed by atoms with Gasteiger partial charge in [-0.1, -0.05) is 13.8 Å². The number of benzene rings is 1. The van der Waals surface area contributed by atoms with Crippen LogP contribution in [-0.2, 0) is 6.61 Å². The van der Waals surface area contributed by atoms with E-state index < -0.39 is 0 Å². The molecule has 0 aliphatic carbocycles. The predicted octanol–water partition coefficient (Wildman–Crippen LogP) is 3.98. The smallest absolute Gasteiger partial charge is 0.253 e. The number of hydrogen-bond donors (Lipinski definition) is 0. The Morgan fingerprint density at radius 2 is 1.86 bits per heavy atom. The normalized spacial score (nSPS) is 10.5. The average Bonchev–Trinajstić information content (AvgIpc) is 3.06. The lowest BCUT2D eigenvalue weighted by molar-refractivity contribution is 0.0755. The summed E-state index contributed by atoms with van der Waals surface area (Å²) in [6.07, 6.45) is 1.95. The minimum absolute atomic E-state index is 0.0924. The van der Waals surface area contributed by atoms with Crippen LogP contribution in [0.15, 0.2) is 35.2 Å². The van der Waals surface area contributed by atoms with E-state index in [9.17, 15) is 4.79 Å². The van der Waals surface area contributed by atoms with Gasteiger partial charge in [0, 0.05) is 24.0 Å². The maximum absolute atomic E-state index is 12.5. The molecule has 2 aromatic rings. The lowest BCUT2D eigenvalue weighted by Gasteiger charge is -2.21. The maximum Gasteiger partial charge on any atom is 0.253 e. The first-order chi connectivity index (χ1) is 10.7. The number of hydrogen-bond acceptors (Lipinski definition) is 4. The zero-order valence-corrected chi connectivity index (χ0v) is 13.9. The van der Waals surface area contributed by atoms with E-state index in [1.165, 1.54) is 0 Å². The van der Waals surface area contributed by atoms with E-state index in [1.807, 2.05) is 34.5 Å². The van der Waals surface area contributed by atoms with E-state index in [4.69, 9.17) is 4.74 Å². The number of aromatic nitrogens is 1. The van der Waals surface area contributed by atoms with Crippen LogP contribution < -0.4 is 4.74 Å². The minimum Gasteiger partial charge on any atom is -0.487 e. The summed E-state index contributed by atoms with van der Waals surface area (Å²) < 4.78 is 5.66. The largest absolute Gasteiger partial charge is 0.487 e. The Morgan fingerprint density at radius 3 is 2.41 bits per heavy atom. The first-order valence-electron chi connectivity index (χ1n) is 7.63. The molecule has 0 N–H and O–H groups in total. The number of amides is 1. The van der Waals surface area contributed by atoms with Gasteiger partial charge in [0.1, 0.15) is 12.4 Å². The highest BCUT2D eigenvalue weighted by molar-refractivity contribution is 7.07. The van der Waals surface area contributed by atoms with E-state index in [2.05, 4.69) is 18.8 Å². The van der Waals surface area contributed by atoms with Crippen molar-refractivity contribution in [3.8, 4) is 5.75 Å². The predicted molar refractivity (Wildman–Crippen MR) is 89.4 cm³/mol. The van der Waals surface area contributed by atoms with E-state index in [0.717, 1.165) is 37.4 Å². The van der Waals surface area contributed by atoms with Crippen LogP contribution in [0.25, 0.3) is 0 Å². The molecule has 1 aromatic heterocycles. The van der Waals surface area contributed by atoms with E-state index in [0.29, 0.717) is 12.2 Å². The van der Waals surface area contributed by atoms with Gasteiger partial charge in [-0.2, -0.15) is 0 Å². The summed E-state index contributed by atoms with van der Waals surface area (Å²) in [6, 6.07) is 7.35. The Morgan fingerprint density at radius 1 is 1.18 bits per heavy atom. The number of nitrogens with zero attached hydrogens (tertiary/aromatic N) is 2. The maximum atomic E-state index is 12.5. The number of rotatable bonds is 8. The number of carbonyl (C=O) groups is 1. The van der Waals surface area contributed by atoms with Crippen molar-refractivity contribution in [3.63, 3.8) is 0 Å². The summed E-state index contributed by atoms with van der Waals surface area (Å²) in [7, 11) is 0. The fourth-order valence-electron chi connectivity index (χ4n) is 2.20. The molecule has 0 unspecified atom stereocenters. The Balaban J connectivity index is 1.96. The molecule has 0 aliphatic heterocycles. The lowest BCUT2D eigenvalue weighted by Crippen LogP contribution is -2.32. The summed E-state index contributed by atoms with van der Waals surface area (Å²) in [5.41, 5.74) is 3.42. The van der Waals surface area contributed by atoms with Crippen molar-refractivity contribution in [2.24, 2.45) is 0 Å². The first kappa shape index (κ1) is 16.5. The molecule has 4 nitrogen and oxygen atoms in total. The van der Waals surface area contributed by atoms with Gasteiger partial charge in [-0.3, -0.25) is 4.79 Å². The second-order valence-electron chi connectivity index (χ2n) is 5.09. The van der Waals surface area contributed by atoms with Gasteiger partial charge in [0.2, 0.25) is 0 Å². The number of ether oxygens (including phenoxy) is 1. The van der Waals surface area contributed by atoms with Gasteiger partial charge < -0.3 is 9.64 Å². The highest BCUT2D eigenvalue weighted by atomic mass is 32.1. The van der Waals surface area contributed by atoms with Crippen LogP contribution >= 0.6 is 11.3 Å². The fourth-order valence-corrected chi connectivity index (χ4v) is 2.74. The summed E-state index contributed by atoms with van der Waals surface area (Å²) in [6.45, 7) is 6.23. The standard InChI is InChI=1S/C17H22N2O2S/c1-3-9-19(10-4-2)17(20)14-5-7-16(8-6-14)21-11-15-12-22-13-18-15/h5-8,12-13H,3-4,9-11H2,1-2H3. The first-order valence-corrected chi connectivity index (χ1v) is 8.58. The van der Waals surface area contributed by atoms with E-state index in [-0.39, 0.29) is 5.91 Å². The third kappa shape index (κ3) is 4.56. The molecule has 2 rings (SSSR count). The Bertz CT molecular complexity index is 561. The zero-order valence-electron chi connectivity index (χ0n) is 13.1. The van der Waals surface area contributed by atoms with Crippen molar-refractivity contribution in [3.05, 3.63) is 46.4 Å². The van der Waals surface area contributed by atoms with Crippen molar-refractivity contribution in [1.29, 1.82) is 0 Å². The molecule has 0 aliphatic rings. The minimum atomic E-state index is 0.0924. The molecule has 5 heteroatoms. The van der Waals surface area contributed by atoms with Gasteiger partial charge in [-0.25, -0.2) is 4.98 Å². The van der Waals surface area contributed by atoms with Crippen LogP contribution in [-0.4, -0.2) is 28.9 Å². The summed E-state index contributed by atoms with van der Waals surface area (Å²) >= 11 is 1.55. The van der Waals surface area contributed by atoms with Crippen LogP contribution in [0.4, 0.5) is 0 Å². The monoisotopic (exact) mass is 318 g/mol. The Labute approximate surface area is 135 Å². The molecule has 0 atom stereocenters. The molecular formula is C17H22N2O2S. The van der Waals surface area contributed by atoms with Crippen LogP contribution in [0, 0.1) is 0 Å². The lowest BCUT2D eigenvalue weighted by atomic mass is 10.2. The SMILES string of the molecule is CCCN(CCC)C(=O)c1ccc(OCc2cscn2)cc1. The number of thiazole rings is 1. The van der Waals surface area contributed by atoms with Gasteiger partial charge in [0.05, 0.1) is 11.2 Å². The quantitative estimate of drug-likeness (QED) is 0.739. The topological polar surface area (TPSA) is 42.4 Å². The summed E-state index contributed by atoms with van der Waals surface area (Å²) in [5, 5.41) is 1.96. The molecule has 0 saturated heterocycles. The van der Waals surface area contributed by atoms with E-state index >= 15 is 0 Å². The van der Waals surface area contributed by atoms with Crippen LogP contribution in [0.5, 0.6) is 5.75 Å². The molecular weight excluding hydrogens is 296 g/mol. The average molecular weight is 318 g/mol. The van der Waals surface area contributed by atoms with Crippen LogP contribution in [0.2, 0.25) is 0 Å². The molecule has 0 radical (unpaired) electrons. The van der Waals surface area contributed by atoms with Crippen molar-refractivity contribution in [2.45, 2.75) is 33.3 Å². The van der Waals surface area contributed by atoms with E-state index in [1.54, 1.807) is 16.8 Å². The fraction of sp³-hybridized carbons (Fsp3) is 0.412. The van der Waals surface area contributed by atoms with Crippen molar-refractivity contribution < 1.29 is 9.53 Å². The zero-order chi connectivity index (χ0) is 15.8. The second-order valence-corrected chi connectivity index (χ2v) is 5.80. The van der Waals surface area contributed by atoms with Gasteiger partial charge >= 0.3 is 0 Å². The molecule has 0 saturated carbocycles. The van der Waals surface area contributed by atoms with Gasteiger partial charge in [0.25, 0.3) is 5.91 Å². The van der Waals surface area contributed by atoms with Crippen LogP contribution in [0.1, 0.15) is 42.7 Å². The second kappa shape index (κ2) is 8.54. The van der Waals surface area contributed by atoms with Crippen LogP contribution in [0.3, 0.4) is 0 Å². The van der Waals surface area contributed by atoms with Gasteiger partial charge in [-0.05, 0) is 37.1 Å². The molecule has 22 heavy (non-hydrogen) atoms. The Kier molecular flexibility index (Phi) is 6.40. The van der Waals surface area contributed by atoms with Gasteiger partial charge in [-0.15, -0.1) is 11.3 Å². The Hall–Kier alpha value is -1.88.